The molecule has 0 aliphatic heterocycles. The summed E-state index contributed by atoms with van der Waals surface area (Å²) < 4.78 is 2.27. The number of hydrogen-bond donors (Lipinski definition) is 1. The van der Waals surface area contributed by atoms with Crippen molar-refractivity contribution in [3.63, 3.8) is 0 Å². The SMILES string of the molecule is CCC(N)Cn1c(CCC2CCCCC2)nc2cc(C)cnc21. The predicted molar refractivity (Wildman–Crippen MR) is 95.4 cm³/mol. The lowest BCUT2D eigenvalue weighted by molar-refractivity contribution is 0.335. The number of pyridine rings is 1. The Morgan fingerprint density at radius 1 is 1.30 bits per heavy atom. The van der Waals surface area contributed by atoms with Gasteiger partial charge in [0.15, 0.2) is 5.65 Å². The molecule has 0 aromatic carbocycles. The lowest BCUT2D eigenvalue weighted by Crippen LogP contribution is -2.26. The molecule has 0 spiro atoms. The van der Waals surface area contributed by atoms with Gasteiger partial charge in [-0.25, -0.2) is 9.97 Å². The largest absolute Gasteiger partial charge is 0.326 e. The van der Waals surface area contributed by atoms with Crippen LogP contribution in [0.5, 0.6) is 0 Å². The fourth-order valence-corrected chi connectivity index (χ4v) is 3.71. The number of fused-ring (bicyclic) bond motifs is 1. The van der Waals surface area contributed by atoms with E-state index in [1.54, 1.807) is 0 Å². The topological polar surface area (TPSA) is 56.7 Å². The summed E-state index contributed by atoms with van der Waals surface area (Å²) in [6.07, 6.45) is 12.2. The van der Waals surface area contributed by atoms with Gasteiger partial charge in [0.25, 0.3) is 0 Å². The fourth-order valence-electron chi connectivity index (χ4n) is 3.71. The van der Waals surface area contributed by atoms with Crippen molar-refractivity contribution in [2.24, 2.45) is 11.7 Å². The Kier molecular flexibility index (Phi) is 5.31. The monoisotopic (exact) mass is 314 g/mol. The average molecular weight is 314 g/mol. The lowest BCUT2D eigenvalue weighted by Gasteiger charge is -2.21. The third-order valence-electron chi connectivity index (χ3n) is 5.24. The number of hydrogen-bond acceptors (Lipinski definition) is 3. The van der Waals surface area contributed by atoms with Gasteiger partial charge in [0.1, 0.15) is 11.3 Å². The molecule has 126 valence electrons. The van der Waals surface area contributed by atoms with E-state index >= 15 is 0 Å². The van der Waals surface area contributed by atoms with E-state index in [9.17, 15) is 0 Å². The molecule has 2 aromatic heterocycles. The summed E-state index contributed by atoms with van der Waals surface area (Å²) in [6, 6.07) is 2.31. The van der Waals surface area contributed by atoms with E-state index in [0.717, 1.165) is 36.5 Å². The molecule has 23 heavy (non-hydrogen) atoms. The molecule has 4 heteroatoms. The predicted octanol–water partition coefficient (Wildman–Crippen LogP) is 3.99. The highest BCUT2D eigenvalue weighted by Crippen LogP contribution is 2.28. The highest BCUT2D eigenvalue weighted by atomic mass is 15.1. The molecular formula is C19H30N4. The van der Waals surface area contributed by atoms with Crippen molar-refractivity contribution >= 4 is 11.2 Å². The molecule has 0 amide bonds. The van der Waals surface area contributed by atoms with Gasteiger partial charge >= 0.3 is 0 Å². The summed E-state index contributed by atoms with van der Waals surface area (Å²) in [5.74, 6) is 2.05. The Bertz CT molecular complexity index is 640. The molecule has 1 aliphatic carbocycles. The zero-order valence-electron chi connectivity index (χ0n) is 14.6. The zero-order valence-corrected chi connectivity index (χ0v) is 14.6. The maximum Gasteiger partial charge on any atom is 0.160 e. The second-order valence-electron chi connectivity index (χ2n) is 7.21. The van der Waals surface area contributed by atoms with Gasteiger partial charge in [-0.15, -0.1) is 0 Å². The number of aryl methyl sites for hydroxylation is 2. The molecule has 2 N–H and O–H groups in total. The van der Waals surface area contributed by atoms with Gasteiger partial charge in [0, 0.05) is 25.2 Å². The zero-order chi connectivity index (χ0) is 16.2. The molecule has 2 heterocycles. The number of imidazole rings is 1. The second kappa shape index (κ2) is 7.43. The number of aromatic nitrogens is 3. The van der Waals surface area contributed by atoms with Crippen molar-refractivity contribution in [1.29, 1.82) is 0 Å². The van der Waals surface area contributed by atoms with Gasteiger partial charge in [0.05, 0.1) is 0 Å². The lowest BCUT2D eigenvalue weighted by atomic mass is 9.86. The van der Waals surface area contributed by atoms with Crippen molar-refractivity contribution in [2.75, 3.05) is 0 Å². The molecular weight excluding hydrogens is 284 g/mol. The Morgan fingerprint density at radius 3 is 2.83 bits per heavy atom. The molecule has 0 saturated heterocycles. The van der Waals surface area contributed by atoms with Crippen molar-refractivity contribution in [3.05, 3.63) is 23.7 Å². The summed E-state index contributed by atoms with van der Waals surface area (Å²) in [6.45, 7) is 5.04. The van der Waals surface area contributed by atoms with E-state index in [2.05, 4.69) is 29.5 Å². The Labute approximate surface area is 139 Å². The van der Waals surface area contributed by atoms with E-state index in [4.69, 9.17) is 10.7 Å². The molecule has 1 atom stereocenters. The highest BCUT2D eigenvalue weighted by Gasteiger charge is 2.18. The smallest absolute Gasteiger partial charge is 0.160 e. The molecule has 0 bridgehead atoms. The van der Waals surface area contributed by atoms with E-state index < -0.39 is 0 Å². The molecule has 1 unspecified atom stereocenters. The van der Waals surface area contributed by atoms with Crippen LogP contribution in [-0.4, -0.2) is 20.6 Å². The number of nitrogens with zero attached hydrogens (tertiary/aromatic N) is 3. The molecule has 3 rings (SSSR count). The van der Waals surface area contributed by atoms with Gasteiger partial charge in [-0.05, 0) is 37.3 Å². The van der Waals surface area contributed by atoms with Crippen molar-refractivity contribution in [2.45, 2.75) is 77.8 Å². The third kappa shape index (κ3) is 3.92. The van der Waals surface area contributed by atoms with E-state index in [1.807, 2.05) is 6.20 Å². The summed E-state index contributed by atoms with van der Waals surface area (Å²) in [5, 5.41) is 0. The van der Waals surface area contributed by atoms with Gasteiger partial charge < -0.3 is 10.3 Å². The Morgan fingerprint density at radius 2 is 2.09 bits per heavy atom. The average Bonchev–Trinajstić information content (AvgIpc) is 2.90. The van der Waals surface area contributed by atoms with Crippen LogP contribution in [0.15, 0.2) is 12.3 Å². The normalized spacial score (nSPS) is 17.7. The number of rotatable bonds is 6. The van der Waals surface area contributed by atoms with Gasteiger partial charge in [0.2, 0.25) is 0 Å². The van der Waals surface area contributed by atoms with Crippen LogP contribution in [0.1, 0.15) is 63.3 Å². The van der Waals surface area contributed by atoms with E-state index in [0.29, 0.717) is 0 Å². The molecule has 1 aliphatic rings. The maximum atomic E-state index is 6.22. The standard InChI is InChI=1S/C19H30N4/c1-3-16(20)13-23-18(10-9-15-7-5-4-6-8-15)22-17-11-14(2)12-21-19(17)23/h11-12,15-16H,3-10,13,20H2,1-2H3. The fraction of sp³-hybridized carbons (Fsp3) is 0.684. The first-order valence-electron chi connectivity index (χ1n) is 9.24. The second-order valence-corrected chi connectivity index (χ2v) is 7.21. The van der Waals surface area contributed by atoms with E-state index in [1.165, 1.54) is 49.9 Å². The highest BCUT2D eigenvalue weighted by molar-refractivity contribution is 5.72. The van der Waals surface area contributed by atoms with Crippen LogP contribution in [0.2, 0.25) is 0 Å². The molecule has 1 fully saturated rings. The quantitative estimate of drug-likeness (QED) is 0.877. The van der Waals surface area contributed by atoms with Crippen LogP contribution in [0.4, 0.5) is 0 Å². The van der Waals surface area contributed by atoms with E-state index in [-0.39, 0.29) is 6.04 Å². The number of nitrogens with two attached hydrogens (primary N) is 1. The van der Waals surface area contributed by atoms with Gasteiger partial charge in [-0.1, -0.05) is 39.0 Å². The van der Waals surface area contributed by atoms with Crippen LogP contribution in [0.25, 0.3) is 11.2 Å². The van der Waals surface area contributed by atoms with Gasteiger partial charge in [-0.2, -0.15) is 0 Å². The molecule has 1 saturated carbocycles. The van der Waals surface area contributed by atoms with Crippen molar-refractivity contribution < 1.29 is 0 Å². The molecule has 4 nitrogen and oxygen atoms in total. The first-order valence-corrected chi connectivity index (χ1v) is 9.24. The Balaban J connectivity index is 1.82. The molecule has 2 aromatic rings. The van der Waals surface area contributed by atoms with Crippen LogP contribution in [-0.2, 0) is 13.0 Å². The Hall–Kier alpha value is -1.42. The maximum absolute atomic E-state index is 6.22. The molecule has 0 radical (unpaired) electrons. The van der Waals surface area contributed by atoms with Gasteiger partial charge in [-0.3, -0.25) is 0 Å². The summed E-state index contributed by atoms with van der Waals surface area (Å²) in [5.41, 5.74) is 9.40. The van der Waals surface area contributed by atoms with Crippen LogP contribution in [0, 0.1) is 12.8 Å². The van der Waals surface area contributed by atoms with Crippen LogP contribution in [0.3, 0.4) is 0 Å². The first kappa shape index (κ1) is 16.4. The summed E-state index contributed by atoms with van der Waals surface area (Å²) >= 11 is 0. The minimum atomic E-state index is 0.170. The minimum Gasteiger partial charge on any atom is -0.326 e. The third-order valence-corrected chi connectivity index (χ3v) is 5.24. The summed E-state index contributed by atoms with van der Waals surface area (Å²) in [4.78, 5) is 9.52. The van der Waals surface area contributed by atoms with Crippen molar-refractivity contribution in [1.82, 2.24) is 14.5 Å². The summed E-state index contributed by atoms with van der Waals surface area (Å²) in [7, 11) is 0. The van der Waals surface area contributed by atoms with Crippen LogP contribution >= 0.6 is 0 Å². The van der Waals surface area contributed by atoms with Crippen molar-refractivity contribution in [3.8, 4) is 0 Å². The van der Waals surface area contributed by atoms with Crippen LogP contribution < -0.4 is 5.73 Å². The minimum absolute atomic E-state index is 0.170. The first-order chi connectivity index (χ1) is 11.2.